The fourth-order valence-electron chi connectivity index (χ4n) is 6.83. The summed E-state index contributed by atoms with van der Waals surface area (Å²) in [5, 5.41) is 8.05. The average molecular weight is 645 g/mol. The van der Waals surface area contributed by atoms with Crippen molar-refractivity contribution in [3.63, 3.8) is 0 Å². The van der Waals surface area contributed by atoms with E-state index in [4.69, 9.17) is 9.47 Å². The lowest BCUT2D eigenvalue weighted by atomic mass is 9.83. The molecular formula is C34H52N4O8. The van der Waals surface area contributed by atoms with Gasteiger partial charge in [-0.05, 0) is 76.5 Å². The first-order valence-electron chi connectivity index (χ1n) is 16.5. The minimum Gasteiger partial charge on any atom is -0.463 e. The quantitative estimate of drug-likeness (QED) is 0.113. The van der Waals surface area contributed by atoms with Gasteiger partial charge in [0.1, 0.15) is 17.7 Å². The maximum atomic E-state index is 14.3. The number of Topliss-reactive ketones (excluding diaryl/α,β-unsaturated/α-hetero) is 1. The van der Waals surface area contributed by atoms with Crippen LogP contribution in [0.4, 0.5) is 4.79 Å². The van der Waals surface area contributed by atoms with Crippen LogP contribution in [0.5, 0.6) is 0 Å². The normalized spacial score (nSPS) is 23.4. The molecule has 3 rings (SSSR count). The lowest BCUT2D eigenvalue weighted by molar-refractivity contribution is -0.145. The number of carbonyl (C=O) groups excluding carboxylic acids is 6. The Balaban J connectivity index is 1.79. The molecule has 2 aliphatic carbocycles. The Bertz CT molecular complexity index is 1200. The maximum Gasteiger partial charge on any atom is 0.408 e. The van der Waals surface area contributed by atoms with E-state index in [1.54, 1.807) is 38.7 Å². The topological polar surface area (TPSA) is 160 Å². The van der Waals surface area contributed by atoms with Crippen molar-refractivity contribution in [3.05, 3.63) is 24.8 Å². The van der Waals surface area contributed by atoms with Crippen molar-refractivity contribution in [2.75, 3.05) is 19.7 Å². The SMILES string of the molecule is C=CCCC(NC(=O)[C@@H]1[C@@H]2[C@H](CN1C(=O)[C@@H](NC(=O)OC(C)(C)C)C1CCCCC1)C2(C)C)C(=O)C(=O)NC/C=C/C(=O)OCC. The largest absolute Gasteiger partial charge is 0.463 e. The van der Waals surface area contributed by atoms with E-state index in [1.165, 1.54) is 6.08 Å². The lowest BCUT2D eigenvalue weighted by Crippen LogP contribution is -2.59. The number of fused-ring (bicyclic) bond motifs is 1. The second-order valence-electron chi connectivity index (χ2n) is 14.1. The number of ether oxygens (including phenoxy) is 2. The summed E-state index contributed by atoms with van der Waals surface area (Å²) in [5.74, 6) is -3.31. The first-order chi connectivity index (χ1) is 21.6. The van der Waals surface area contributed by atoms with Crippen molar-refractivity contribution in [2.45, 2.75) is 110 Å². The van der Waals surface area contributed by atoms with Crippen LogP contribution >= 0.6 is 0 Å². The summed E-state index contributed by atoms with van der Waals surface area (Å²) < 4.78 is 10.3. The summed E-state index contributed by atoms with van der Waals surface area (Å²) in [4.78, 5) is 80.1. The molecule has 0 radical (unpaired) electrons. The molecule has 0 aromatic carbocycles. The Morgan fingerprint density at radius 3 is 2.33 bits per heavy atom. The zero-order chi connectivity index (χ0) is 34.2. The van der Waals surface area contributed by atoms with E-state index in [-0.39, 0.29) is 48.6 Å². The van der Waals surface area contributed by atoms with E-state index >= 15 is 0 Å². The van der Waals surface area contributed by atoms with Gasteiger partial charge in [0.15, 0.2) is 0 Å². The van der Waals surface area contributed by atoms with Gasteiger partial charge >= 0.3 is 12.1 Å². The average Bonchev–Trinajstić information content (AvgIpc) is 3.30. The fourth-order valence-corrected chi connectivity index (χ4v) is 6.83. The van der Waals surface area contributed by atoms with Gasteiger partial charge in [0.2, 0.25) is 17.6 Å². The Hall–Kier alpha value is -3.70. The molecule has 3 aliphatic rings. The minimum absolute atomic E-state index is 0.0811. The molecule has 0 bridgehead atoms. The first kappa shape index (κ1) is 36.8. The van der Waals surface area contributed by atoms with Gasteiger partial charge in [-0.2, -0.15) is 0 Å². The molecule has 1 unspecified atom stereocenters. The summed E-state index contributed by atoms with van der Waals surface area (Å²) in [5.41, 5.74) is -0.941. The number of hydrogen-bond acceptors (Lipinski definition) is 8. The molecule has 1 aliphatic heterocycles. The molecule has 2 saturated carbocycles. The second-order valence-corrected chi connectivity index (χ2v) is 14.1. The van der Waals surface area contributed by atoms with E-state index in [0.717, 1.165) is 38.2 Å². The predicted molar refractivity (Wildman–Crippen MR) is 171 cm³/mol. The molecule has 12 nitrogen and oxygen atoms in total. The number of alkyl carbamates (subject to hydrolysis) is 1. The van der Waals surface area contributed by atoms with Crippen molar-refractivity contribution in [3.8, 4) is 0 Å². The lowest BCUT2D eigenvalue weighted by Gasteiger charge is -2.37. The number of rotatable bonds is 14. The van der Waals surface area contributed by atoms with Crippen molar-refractivity contribution < 1.29 is 38.2 Å². The van der Waals surface area contributed by atoms with Gasteiger partial charge in [-0.3, -0.25) is 19.2 Å². The van der Waals surface area contributed by atoms with Gasteiger partial charge in [0.05, 0.1) is 12.6 Å². The van der Waals surface area contributed by atoms with E-state index in [0.29, 0.717) is 13.0 Å². The number of hydrogen-bond donors (Lipinski definition) is 3. The molecule has 3 N–H and O–H groups in total. The monoisotopic (exact) mass is 644 g/mol. The second kappa shape index (κ2) is 15.7. The van der Waals surface area contributed by atoms with Gasteiger partial charge in [-0.1, -0.05) is 45.3 Å². The number of ketones is 1. The van der Waals surface area contributed by atoms with Gasteiger partial charge in [0, 0.05) is 19.2 Å². The summed E-state index contributed by atoms with van der Waals surface area (Å²) >= 11 is 0. The third-order valence-corrected chi connectivity index (χ3v) is 9.26. The molecule has 0 aromatic heterocycles. The molecular weight excluding hydrogens is 592 g/mol. The van der Waals surface area contributed by atoms with Crippen LogP contribution in [0.1, 0.15) is 86.5 Å². The highest BCUT2D eigenvalue weighted by Gasteiger charge is 2.69. The Morgan fingerprint density at radius 1 is 1.04 bits per heavy atom. The van der Waals surface area contributed by atoms with E-state index in [1.807, 2.05) is 0 Å². The molecule has 1 saturated heterocycles. The molecule has 3 fully saturated rings. The third kappa shape index (κ3) is 9.42. The minimum atomic E-state index is -1.15. The number of allylic oxidation sites excluding steroid dienone is 1. The maximum absolute atomic E-state index is 14.3. The molecule has 4 amide bonds. The van der Waals surface area contributed by atoms with Crippen LogP contribution in [0.25, 0.3) is 0 Å². The zero-order valence-corrected chi connectivity index (χ0v) is 28.2. The molecule has 5 atom stereocenters. The number of carbonyl (C=O) groups is 6. The molecule has 256 valence electrons. The summed E-state index contributed by atoms with van der Waals surface area (Å²) in [6, 6.07) is -2.86. The molecule has 46 heavy (non-hydrogen) atoms. The number of nitrogens with one attached hydrogen (secondary N) is 3. The molecule has 12 heteroatoms. The Labute approximate surface area is 272 Å². The fraction of sp³-hybridized carbons (Fsp3) is 0.706. The summed E-state index contributed by atoms with van der Waals surface area (Å²) in [6.07, 6.45) is 8.44. The number of nitrogens with zero attached hydrogens (tertiary/aromatic N) is 1. The highest BCUT2D eigenvalue weighted by atomic mass is 16.6. The molecule has 0 spiro atoms. The highest BCUT2D eigenvalue weighted by Crippen LogP contribution is 2.65. The number of esters is 1. The van der Waals surface area contributed by atoms with Crippen LogP contribution < -0.4 is 16.0 Å². The first-order valence-corrected chi connectivity index (χ1v) is 16.5. The predicted octanol–water partition coefficient (Wildman–Crippen LogP) is 3.20. The van der Waals surface area contributed by atoms with Gasteiger partial charge in [-0.15, -0.1) is 6.58 Å². The number of piperidine rings is 1. The molecule has 0 aromatic rings. The van der Waals surface area contributed by atoms with Crippen LogP contribution in [-0.2, 0) is 33.4 Å². The summed E-state index contributed by atoms with van der Waals surface area (Å²) in [7, 11) is 0. The molecule has 1 heterocycles. The standard InChI is InChI=1S/C34H52N4O8/c1-8-10-17-23(28(40)30(42)35-19-14-18-24(39)45-9-2)36-29(41)27-25-22(34(25,6)7)20-38(27)31(43)26(21-15-12-11-13-16-21)37-32(44)46-33(3,4)5/h8,14,18,21-23,25-27H,1,9-13,15-17,19-20H2,2-7H3,(H,35,42)(H,36,41)(H,37,44)/b18-14+/t22-,23?,25-,26-,27-/m0/s1. The highest BCUT2D eigenvalue weighted by molar-refractivity contribution is 6.38. The van der Waals surface area contributed by atoms with Gasteiger partial charge < -0.3 is 30.3 Å². The van der Waals surface area contributed by atoms with Crippen molar-refractivity contribution in [1.29, 1.82) is 0 Å². The van der Waals surface area contributed by atoms with Crippen molar-refractivity contribution in [2.24, 2.45) is 23.2 Å². The Morgan fingerprint density at radius 2 is 1.72 bits per heavy atom. The van der Waals surface area contributed by atoms with E-state index in [2.05, 4.69) is 36.4 Å². The van der Waals surface area contributed by atoms with Crippen LogP contribution in [0.15, 0.2) is 24.8 Å². The zero-order valence-electron chi connectivity index (χ0n) is 28.2. The summed E-state index contributed by atoms with van der Waals surface area (Å²) in [6.45, 7) is 15.2. The number of likely N-dealkylation sites (tertiary alicyclic amines) is 1. The van der Waals surface area contributed by atoms with Crippen molar-refractivity contribution in [1.82, 2.24) is 20.9 Å². The number of amides is 4. The van der Waals surface area contributed by atoms with Crippen LogP contribution in [0.2, 0.25) is 0 Å². The van der Waals surface area contributed by atoms with Gasteiger partial charge in [0.25, 0.3) is 5.91 Å². The van der Waals surface area contributed by atoms with Crippen molar-refractivity contribution >= 4 is 35.6 Å². The smallest absolute Gasteiger partial charge is 0.408 e. The van der Waals surface area contributed by atoms with E-state index in [9.17, 15) is 28.8 Å². The van der Waals surface area contributed by atoms with Gasteiger partial charge in [-0.25, -0.2) is 9.59 Å². The van der Waals surface area contributed by atoms with Crippen LogP contribution in [-0.4, -0.2) is 83.9 Å². The Kier molecular flexibility index (Phi) is 12.6. The third-order valence-electron chi connectivity index (χ3n) is 9.26. The van der Waals surface area contributed by atoms with Crippen LogP contribution in [0.3, 0.4) is 0 Å². The van der Waals surface area contributed by atoms with E-state index < -0.39 is 53.4 Å². The van der Waals surface area contributed by atoms with Crippen LogP contribution in [0, 0.1) is 23.2 Å².